The van der Waals surface area contributed by atoms with Gasteiger partial charge in [-0.25, -0.2) is 4.79 Å². The van der Waals surface area contributed by atoms with E-state index in [4.69, 9.17) is 10.8 Å². The normalized spacial score (nSPS) is 22.3. The maximum atomic E-state index is 12.2. The quantitative estimate of drug-likeness (QED) is 0.738. The number of aromatic carboxylic acids is 1. The fraction of sp³-hybridized carbons (Fsp3) is 0.500. The van der Waals surface area contributed by atoms with Gasteiger partial charge in [-0.1, -0.05) is 31.4 Å². The van der Waals surface area contributed by atoms with Crippen molar-refractivity contribution in [3.63, 3.8) is 0 Å². The lowest BCUT2D eigenvalue weighted by molar-refractivity contribution is -0.126. The summed E-state index contributed by atoms with van der Waals surface area (Å²) in [5.41, 5.74) is 7.21. The number of hydrogen-bond acceptors (Lipinski definition) is 3. The maximum absolute atomic E-state index is 12.2. The maximum Gasteiger partial charge on any atom is 0.335 e. The molecule has 5 nitrogen and oxygen atoms in total. The molecule has 1 amide bonds. The Morgan fingerprint density at radius 3 is 2.48 bits per heavy atom. The van der Waals surface area contributed by atoms with Crippen LogP contribution in [0, 0.1) is 5.92 Å². The molecule has 1 saturated carbocycles. The molecule has 0 heterocycles. The van der Waals surface area contributed by atoms with E-state index in [-0.39, 0.29) is 23.4 Å². The van der Waals surface area contributed by atoms with E-state index in [9.17, 15) is 9.59 Å². The number of amides is 1. The predicted molar refractivity (Wildman–Crippen MR) is 79.8 cm³/mol. The van der Waals surface area contributed by atoms with E-state index >= 15 is 0 Å². The van der Waals surface area contributed by atoms with Crippen LogP contribution in [-0.2, 0) is 11.3 Å². The second kappa shape index (κ2) is 7.22. The molecule has 2 rings (SSSR count). The van der Waals surface area contributed by atoms with Crippen LogP contribution in [-0.4, -0.2) is 23.0 Å². The monoisotopic (exact) mass is 290 g/mol. The van der Waals surface area contributed by atoms with Crippen LogP contribution >= 0.6 is 0 Å². The molecule has 1 aliphatic carbocycles. The molecule has 21 heavy (non-hydrogen) atoms. The molecule has 1 aliphatic rings. The van der Waals surface area contributed by atoms with Crippen LogP contribution in [0.5, 0.6) is 0 Å². The third kappa shape index (κ3) is 4.29. The highest BCUT2D eigenvalue weighted by Crippen LogP contribution is 2.22. The van der Waals surface area contributed by atoms with Gasteiger partial charge in [-0.2, -0.15) is 0 Å². The number of carbonyl (C=O) groups is 2. The van der Waals surface area contributed by atoms with Gasteiger partial charge in [0, 0.05) is 12.6 Å². The molecule has 0 saturated heterocycles. The molecule has 1 aromatic carbocycles. The van der Waals surface area contributed by atoms with Gasteiger partial charge in [0.2, 0.25) is 5.91 Å². The fourth-order valence-corrected chi connectivity index (χ4v) is 2.75. The summed E-state index contributed by atoms with van der Waals surface area (Å²) in [5, 5.41) is 11.7. The summed E-state index contributed by atoms with van der Waals surface area (Å²) in [4.78, 5) is 23.0. The van der Waals surface area contributed by atoms with Crippen LogP contribution in [0.4, 0.5) is 0 Å². The molecule has 1 fully saturated rings. The van der Waals surface area contributed by atoms with Gasteiger partial charge in [-0.15, -0.1) is 0 Å². The molecule has 0 aliphatic heterocycles. The minimum absolute atomic E-state index is 0.00621. The first-order valence-electron chi connectivity index (χ1n) is 7.43. The van der Waals surface area contributed by atoms with E-state index in [1.54, 1.807) is 24.3 Å². The zero-order chi connectivity index (χ0) is 15.2. The third-order valence-corrected chi connectivity index (χ3v) is 4.07. The second-order valence-corrected chi connectivity index (χ2v) is 5.63. The topological polar surface area (TPSA) is 92.4 Å². The predicted octanol–water partition coefficient (Wildman–Crippen LogP) is 1.91. The standard InChI is InChI=1S/C16H22N2O3/c17-14-5-3-1-2-4-13(14)15(19)18-10-11-6-8-12(9-7-11)16(20)21/h6-9,13-14H,1-5,10,17H2,(H,18,19)(H,20,21). The minimum Gasteiger partial charge on any atom is -0.478 e. The molecule has 4 N–H and O–H groups in total. The first-order chi connectivity index (χ1) is 10.1. The zero-order valence-corrected chi connectivity index (χ0v) is 12.0. The van der Waals surface area contributed by atoms with Crippen LogP contribution in [0.15, 0.2) is 24.3 Å². The number of carboxylic acids is 1. The third-order valence-electron chi connectivity index (χ3n) is 4.07. The fourth-order valence-electron chi connectivity index (χ4n) is 2.75. The van der Waals surface area contributed by atoms with Crippen molar-refractivity contribution in [1.29, 1.82) is 0 Å². The summed E-state index contributed by atoms with van der Waals surface area (Å²) in [7, 11) is 0. The minimum atomic E-state index is -0.949. The molecular formula is C16H22N2O3. The Morgan fingerprint density at radius 2 is 1.81 bits per heavy atom. The Hall–Kier alpha value is -1.88. The van der Waals surface area contributed by atoms with Crippen molar-refractivity contribution in [2.45, 2.75) is 44.7 Å². The van der Waals surface area contributed by atoms with Gasteiger partial charge in [0.1, 0.15) is 0 Å². The van der Waals surface area contributed by atoms with Crippen LogP contribution in [0.1, 0.15) is 48.0 Å². The van der Waals surface area contributed by atoms with E-state index in [2.05, 4.69) is 5.32 Å². The highest BCUT2D eigenvalue weighted by molar-refractivity contribution is 5.87. The highest BCUT2D eigenvalue weighted by atomic mass is 16.4. The van der Waals surface area contributed by atoms with Crippen molar-refractivity contribution in [3.05, 3.63) is 35.4 Å². The number of rotatable bonds is 4. The molecular weight excluding hydrogens is 268 g/mol. The summed E-state index contributed by atoms with van der Waals surface area (Å²) >= 11 is 0. The molecule has 0 spiro atoms. The van der Waals surface area contributed by atoms with Gasteiger partial charge in [0.25, 0.3) is 0 Å². The van der Waals surface area contributed by atoms with Gasteiger partial charge in [0.05, 0.1) is 11.5 Å². The number of carboxylic acid groups (broad SMARTS) is 1. The number of hydrogen-bond donors (Lipinski definition) is 3. The molecule has 114 valence electrons. The van der Waals surface area contributed by atoms with E-state index in [1.807, 2.05) is 0 Å². The summed E-state index contributed by atoms with van der Waals surface area (Å²) in [6.45, 7) is 0.405. The largest absolute Gasteiger partial charge is 0.478 e. The number of nitrogens with one attached hydrogen (secondary N) is 1. The molecule has 0 bridgehead atoms. The van der Waals surface area contributed by atoms with Crippen LogP contribution in [0.25, 0.3) is 0 Å². The smallest absolute Gasteiger partial charge is 0.335 e. The number of benzene rings is 1. The number of nitrogens with two attached hydrogens (primary N) is 1. The van der Waals surface area contributed by atoms with Crippen molar-refractivity contribution in [2.75, 3.05) is 0 Å². The molecule has 0 radical (unpaired) electrons. The van der Waals surface area contributed by atoms with Crippen LogP contribution in [0.2, 0.25) is 0 Å². The van der Waals surface area contributed by atoms with Gasteiger partial charge in [-0.3, -0.25) is 4.79 Å². The molecule has 1 aromatic rings. The lowest BCUT2D eigenvalue weighted by Gasteiger charge is -2.20. The lowest BCUT2D eigenvalue weighted by atomic mass is 9.94. The second-order valence-electron chi connectivity index (χ2n) is 5.63. The van der Waals surface area contributed by atoms with Crippen LogP contribution < -0.4 is 11.1 Å². The molecule has 2 atom stereocenters. The van der Waals surface area contributed by atoms with E-state index in [1.165, 1.54) is 0 Å². The zero-order valence-electron chi connectivity index (χ0n) is 12.0. The Balaban J connectivity index is 1.89. The Kier molecular flexibility index (Phi) is 5.33. The average Bonchev–Trinajstić information content (AvgIpc) is 2.70. The summed E-state index contributed by atoms with van der Waals surface area (Å²) < 4.78 is 0. The Morgan fingerprint density at radius 1 is 1.14 bits per heavy atom. The lowest BCUT2D eigenvalue weighted by Crippen LogP contribution is -2.41. The number of carbonyl (C=O) groups excluding carboxylic acids is 1. The summed E-state index contributed by atoms with van der Waals surface area (Å²) in [5.74, 6) is -1.05. The van der Waals surface area contributed by atoms with Crippen LogP contribution in [0.3, 0.4) is 0 Å². The first-order valence-corrected chi connectivity index (χ1v) is 7.43. The van der Waals surface area contributed by atoms with E-state index in [0.29, 0.717) is 6.54 Å². The van der Waals surface area contributed by atoms with Crippen molar-refractivity contribution in [3.8, 4) is 0 Å². The Labute approximate surface area is 124 Å². The molecule has 5 heteroatoms. The first kappa shape index (κ1) is 15.5. The molecule has 0 aromatic heterocycles. The van der Waals surface area contributed by atoms with Crippen molar-refractivity contribution in [2.24, 2.45) is 11.7 Å². The summed E-state index contributed by atoms with van der Waals surface area (Å²) in [6.07, 6.45) is 5.06. The van der Waals surface area contributed by atoms with Gasteiger partial charge >= 0.3 is 5.97 Å². The van der Waals surface area contributed by atoms with Crippen molar-refractivity contribution >= 4 is 11.9 Å². The SMILES string of the molecule is NC1CCCCCC1C(=O)NCc1ccc(C(=O)O)cc1. The van der Waals surface area contributed by atoms with Crippen molar-refractivity contribution in [1.82, 2.24) is 5.32 Å². The van der Waals surface area contributed by atoms with Gasteiger partial charge in [-0.05, 0) is 30.5 Å². The van der Waals surface area contributed by atoms with Crippen molar-refractivity contribution < 1.29 is 14.7 Å². The van der Waals surface area contributed by atoms with Gasteiger partial charge in [0.15, 0.2) is 0 Å². The Bertz CT molecular complexity index is 499. The molecule has 2 unspecified atom stereocenters. The highest BCUT2D eigenvalue weighted by Gasteiger charge is 2.26. The van der Waals surface area contributed by atoms with E-state index < -0.39 is 5.97 Å². The average molecular weight is 290 g/mol. The summed E-state index contributed by atoms with van der Waals surface area (Å²) in [6, 6.07) is 6.47. The van der Waals surface area contributed by atoms with E-state index in [0.717, 1.165) is 37.7 Å². The van der Waals surface area contributed by atoms with Gasteiger partial charge < -0.3 is 16.2 Å².